The second kappa shape index (κ2) is 6.30. The first kappa shape index (κ1) is 13.6. The Bertz CT molecular complexity index is 356. The predicted octanol–water partition coefficient (Wildman–Crippen LogP) is 2.87. The largest absolute Gasteiger partial charge is 0.466 e. The van der Waals surface area contributed by atoms with E-state index < -0.39 is 0 Å². The first-order chi connectivity index (χ1) is 7.54. The smallest absolute Gasteiger partial charge is 0.188 e. The minimum atomic E-state index is 0.0134. The van der Waals surface area contributed by atoms with Crippen LogP contribution in [0.4, 0.5) is 0 Å². The molecule has 0 amide bonds. The fourth-order valence-corrected chi connectivity index (χ4v) is 1.98. The van der Waals surface area contributed by atoms with Crippen molar-refractivity contribution in [2.45, 2.75) is 19.4 Å². The number of halogens is 2. The van der Waals surface area contributed by atoms with E-state index in [0.717, 1.165) is 5.56 Å². The van der Waals surface area contributed by atoms with E-state index in [0.29, 0.717) is 22.2 Å². The van der Waals surface area contributed by atoms with Crippen LogP contribution in [0.15, 0.2) is 12.1 Å². The van der Waals surface area contributed by atoms with Gasteiger partial charge in [0.05, 0.1) is 5.02 Å². The summed E-state index contributed by atoms with van der Waals surface area (Å²) in [6.07, 6.45) is 0.652. The molecule has 2 N–H and O–H groups in total. The highest BCUT2D eigenvalue weighted by Crippen LogP contribution is 2.33. The monoisotopic (exact) mass is 263 g/mol. The molecule has 1 atom stereocenters. The Morgan fingerprint density at radius 2 is 2.06 bits per heavy atom. The van der Waals surface area contributed by atoms with Gasteiger partial charge in [0, 0.05) is 18.2 Å². The number of hydrogen-bond acceptors (Lipinski definition) is 3. The van der Waals surface area contributed by atoms with Crippen LogP contribution in [0.5, 0.6) is 5.75 Å². The molecule has 0 fully saturated rings. The van der Waals surface area contributed by atoms with Crippen molar-refractivity contribution in [1.82, 2.24) is 0 Å². The van der Waals surface area contributed by atoms with Gasteiger partial charge in [-0.05, 0) is 31.0 Å². The zero-order valence-electron chi connectivity index (χ0n) is 9.30. The van der Waals surface area contributed by atoms with Crippen LogP contribution in [0.2, 0.25) is 10.0 Å². The minimum absolute atomic E-state index is 0.0134. The maximum atomic E-state index is 6.05. The third kappa shape index (κ3) is 3.83. The maximum Gasteiger partial charge on any atom is 0.188 e. The summed E-state index contributed by atoms with van der Waals surface area (Å²) < 4.78 is 10.3. The SMILES string of the molecule is COCOc1c(Cl)cc(Cl)cc1CC(C)N. The van der Waals surface area contributed by atoms with Gasteiger partial charge < -0.3 is 15.2 Å². The van der Waals surface area contributed by atoms with Crippen molar-refractivity contribution in [3.05, 3.63) is 27.7 Å². The molecule has 0 bridgehead atoms. The van der Waals surface area contributed by atoms with Crippen LogP contribution in [0.3, 0.4) is 0 Å². The zero-order valence-corrected chi connectivity index (χ0v) is 10.8. The van der Waals surface area contributed by atoms with E-state index in [1.807, 2.05) is 13.0 Å². The molecule has 0 heterocycles. The molecule has 16 heavy (non-hydrogen) atoms. The highest BCUT2D eigenvalue weighted by molar-refractivity contribution is 6.35. The molecular formula is C11H15Cl2NO2. The Morgan fingerprint density at radius 3 is 2.62 bits per heavy atom. The summed E-state index contributed by atoms with van der Waals surface area (Å²) in [5, 5.41) is 1.05. The topological polar surface area (TPSA) is 44.5 Å². The molecule has 1 aromatic carbocycles. The van der Waals surface area contributed by atoms with Gasteiger partial charge in [-0.15, -0.1) is 0 Å². The van der Waals surface area contributed by atoms with E-state index in [-0.39, 0.29) is 12.8 Å². The van der Waals surface area contributed by atoms with E-state index in [2.05, 4.69) is 0 Å². The third-order valence-electron chi connectivity index (χ3n) is 1.95. The molecule has 5 heteroatoms. The number of rotatable bonds is 5. The van der Waals surface area contributed by atoms with Gasteiger partial charge in [0.1, 0.15) is 5.75 Å². The summed E-state index contributed by atoms with van der Waals surface area (Å²) in [5.74, 6) is 0.588. The lowest BCUT2D eigenvalue weighted by molar-refractivity contribution is 0.0504. The summed E-state index contributed by atoms with van der Waals surface area (Å²) in [4.78, 5) is 0. The molecule has 0 saturated carbocycles. The molecular weight excluding hydrogens is 249 g/mol. The van der Waals surface area contributed by atoms with Crippen molar-refractivity contribution >= 4 is 23.2 Å². The lowest BCUT2D eigenvalue weighted by Gasteiger charge is -2.14. The quantitative estimate of drug-likeness (QED) is 0.831. The van der Waals surface area contributed by atoms with Gasteiger partial charge in [-0.1, -0.05) is 23.2 Å². The van der Waals surface area contributed by atoms with Gasteiger partial charge in [-0.3, -0.25) is 0 Å². The number of nitrogens with two attached hydrogens (primary N) is 1. The number of benzene rings is 1. The molecule has 0 spiro atoms. The van der Waals surface area contributed by atoms with Crippen molar-refractivity contribution in [1.29, 1.82) is 0 Å². The first-order valence-corrected chi connectivity index (χ1v) is 5.65. The molecule has 1 rings (SSSR count). The third-order valence-corrected chi connectivity index (χ3v) is 2.45. The molecule has 1 unspecified atom stereocenters. The lowest BCUT2D eigenvalue weighted by atomic mass is 10.1. The highest BCUT2D eigenvalue weighted by atomic mass is 35.5. The second-order valence-electron chi connectivity index (χ2n) is 3.61. The van der Waals surface area contributed by atoms with Crippen LogP contribution < -0.4 is 10.5 Å². The van der Waals surface area contributed by atoms with Crippen molar-refractivity contribution in [2.24, 2.45) is 5.73 Å². The zero-order chi connectivity index (χ0) is 12.1. The fourth-order valence-electron chi connectivity index (χ4n) is 1.39. The summed E-state index contributed by atoms with van der Waals surface area (Å²) in [7, 11) is 1.55. The molecule has 1 aromatic rings. The van der Waals surface area contributed by atoms with Crippen LogP contribution >= 0.6 is 23.2 Å². The van der Waals surface area contributed by atoms with E-state index in [9.17, 15) is 0 Å². The van der Waals surface area contributed by atoms with Gasteiger partial charge in [-0.2, -0.15) is 0 Å². The van der Waals surface area contributed by atoms with E-state index in [1.54, 1.807) is 13.2 Å². The summed E-state index contributed by atoms with van der Waals surface area (Å²) in [6.45, 7) is 2.06. The van der Waals surface area contributed by atoms with Gasteiger partial charge >= 0.3 is 0 Å². The van der Waals surface area contributed by atoms with Crippen LogP contribution in [-0.2, 0) is 11.2 Å². The normalized spacial score (nSPS) is 12.6. The molecule has 90 valence electrons. The molecule has 0 aliphatic rings. The van der Waals surface area contributed by atoms with E-state index in [1.165, 1.54) is 0 Å². The Balaban J connectivity index is 3.00. The molecule has 0 aromatic heterocycles. The lowest BCUT2D eigenvalue weighted by Crippen LogP contribution is -2.18. The van der Waals surface area contributed by atoms with Gasteiger partial charge in [0.15, 0.2) is 6.79 Å². The average molecular weight is 264 g/mol. The van der Waals surface area contributed by atoms with E-state index in [4.69, 9.17) is 38.4 Å². The van der Waals surface area contributed by atoms with Gasteiger partial charge in [0.2, 0.25) is 0 Å². The molecule has 0 aliphatic carbocycles. The number of ether oxygens (including phenoxy) is 2. The Kier molecular flexibility index (Phi) is 5.35. The second-order valence-corrected chi connectivity index (χ2v) is 4.45. The van der Waals surface area contributed by atoms with Crippen LogP contribution in [0.1, 0.15) is 12.5 Å². The first-order valence-electron chi connectivity index (χ1n) is 4.89. The van der Waals surface area contributed by atoms with Crippen molar-refractivity contribution in [3.8, 4) is 5.75 Å². The van der Waals surface area contributed by atoms with Crippen LogP contribution in [-0.4, -0.2) is 19.9 Å². The van der Waals surface area contributed by atoms with Gasteiger partial charge in [0.25, 0.3) is 0 Å². The molecule has 0 aliphatic heterocycles. The minimum Gasteiger partial charge on any atom is -0.466 e. The molecule has 3 nitrogen and oxygen atoms in total. The van der Waals surface area contributed by atoms with E-state index >= 15 is 0 Å². The molecule has 0 saturated heterocycles. The Labute approximate surface area is 105 Å². The Morgan fingerprint density at radius 1 is 1.38 bits per heavy atom. The number of methoxy groups -OCH3 is 1. The maximum absolute atomic E-state index is 6.05. The van der Waals surface area contributed by atoms with Crippen molar-refractivity contribution in [2.75, 3.05) is 13.9 Å². The molecule has 0 radical (unpaired) electrons. The van der Waals surface area contributed by atoms with Crippen molar-refractivity contribution < 1.29 is 9.47 Å². The van der Waals surface area contributed by atoms with Crippen LogP contribution in [0, 0.1) is 0 Å². The number of hydrogen-bond donors (Lipinski definition) is 1. The average Bonchev–Trinajstić information content (AvgIpc) is 2.15. The standard InChI is InChI=1S/C11H15Cl2NO2/c1-7(14)3-8-4-9(12)5-10(13)11(8)16-6-15-2/h4-5,7H,3,6,14H2,1-2H3. The summed E-state index contributed by atoms with van der Waals surface area (Å²) in [6, 6.07) is 3.46. The highest BCUT2D eigenvalue weighted by Gasteiger charge is 2.12. The van der Waals surface area contributed by atoms with Crippen LogP contribution in [0.25, 0.3) is 0 Å². The summed E-state index contributed by atoms with van der Waals surface area (Å²) in [5.41, 5.74) is 6.64. The predicted molar refractivity (Wildman–Crippen MR) is 66.3 cm³/mol. The van der Waals surface area contributed by atoms with Crippen molar-refractivity contribution in [3.63, 3.8) is 0 Å². The summed E-state index contributed by atoms with van der Waals surface area (Å²) >= 11 is 12.0. The van der Waals surface area contributed by atoms with Gasteiger partial charge in [-0.25, -0.2) is 0 Å². The Hall–Kier alpha value is -0.480. The fraction of sp³-hybridized carbons (Fsp3) is 0.455.